The zero-order valence-corrected chi connectivity index (χ0v) is 12.9. The molecule has 0 bridgehead atoms. The van der Waals surface area contributed by atoms with E-state index in [1.807, 2.05) is 6.92 Å². The third-order valence-electron chi connectivity index (χ3n) is 3.39. The number of aromatic amines is 1. The van der Waals surface area contributed by atoms with Gasteiger partial charge in [0.2, 0.25) is 5.95 Å². The van der Waals surface area contributed by atoms with Crippen LogP contribution in [0.25, 0.3) is 0 Å². The Labute approximate surface area is 131 Å². The SMILES string of the molecule is CCN(C)c1nc(Nc2c(F)cc(C#N)cc2F)c(C)c(=O)[nH]1. The molecule has 0 saturated heterocycles. The number of benzene rings is 1. The summed E-state index contributed by atoms with van der Waals surface area (Å²) in [6, 6.07) is 3.49. The topological polar surface area (TPSA) is 84.8 Å². The fourth-order valence-electron chi connectivity index (χ4n) is 1.85. The van der Waals surface area contributed by atoms with E-state index in [4.69, 9.17) is 5.26 Å². The molecule has 120 valence electrons. The van der Waals surface area contributed by atoms with E-state index in [1.54, 1.807) is 18.0 Å². The second kappa shape index (κ2) is 6.44. The molecule has 1 aromatic heterocycles. The van der Waals surface area contributed by atoms with Gasteiger partial charge in [-0.3, -0.25) is 9.78 Å². The molecule has 1 aromatic carbocycles. The monoisotopic (exact) mass is 319 g/mol. The first-order valence-electron chi connectivity index (χ1n) is 6.85. The second-order valence-electron chi connectivity index (χ2n) is 4.93. The average molecular weight is 319 g/mol. The molecule has 0 atom stereocenters. The Hall–Kier alpha value is -2.95. The van der Waals surface area contributed by atoms with E-state index in [-0.39, 0.29) is 22.9 Å². The number of halogens is 2. The molecule has 0 radical (unpaired) electrons. The van der Waals surface area contributed by atoms with Crippen molar-refractivity contribution in [2.45, 2.75) is 13.8 Å². The van der Waals surface area contributed by atoms with Crippen molar-refractivity contribution in [1.29, 1.82) is 5.26 Å². The summed E-state index contributed by atoms with van der Waals surface area (Å²) < 4.78 is 27.9. The molecule has 0 aliphatic carbocycles. The minimum absolute atomic E-state index is 0.0477. The predicted octanol–water partition coefficient (Wildman–Crippen LogP) is 2.43. The second-order valence-corrected chi connectivity index (χ2v) is 4.93. The molecule has 0 fully saturated rings. The summed E-state index contributed by atoms with van der Waals surface area (Å²) in [5, 5.41) is 11.2. The van der Waals surface area contributed by atoms with Gasteiger partial charge in [-0.25, -0.2) is 8.78 Å². The molecule has 0 spiro atoms. The first kappa shape index (κ1) is 16.4. The van der Waals surface area contributed by atoms with Crippen LogP contribution in [0.2, 0.25) is 0 Å². The van der Waals surface area contributed by atoms with Gasteiger partial charge in [-0.05, 0) is 26.0 Å². The van der Waals surface area contributed by atoms with Crippen LogP contribution in [0.1, 0.15) is 18.1 Å². The lowest BCUT2D eigenvalue weighted by molar-refractivity contribution is 0.589. The van der Waals surface area contributed by atoms with E-state index in [2.05, 4.69) is 15.3 Å². The van der Waals surface area contributed by atoms with E-state index in [9.17, 15) is 13.6 Å². The number of hydrogen-bond acceptors (Lipinski definition) is 5. The normalized spacial score (nSPS) is 10.3. The number of rotatable bonds is 4. The lowest BCUT2D eigenvalue weighted by atomic mass is 10.2. The van der Waals surface area contributed by atoms with Crippen LogP contribution in [0.15, 0.2) is 16.9 Å². The van der Waals surface area contributed by atoms with Crippen LogP contribution in [0, 0.1) is 29.9 Å². The van der Waals surface area contributed by atoms with Crippen LogP contribution in [-0.4, -0.2) is 23.6 Å². The van der Waals surface area contributed by atoms with Crippen molar-refractivity contribution in [3.05, 3.63) is 45.2 Å². The maximum absolute atomic E-state index is 14.0. The van der Waals surface area contributed by atoms with Crippen LogP contribution in [0.4, 0.5) is 26.2 Å². The molecule has 2 aromatic rings. The number of nitriles is 1. The molecule has 23 heavy (non-hydrogen) atoms. The van der Waals surface area contributed by atoms with Crippen LogP contribution < -0.4 is 15.8 Å². The Bertz CT molecular complexity index is 818. The molecule has 1 heterocycles. The Morgan fingerprint density at radius 1 is 1.39 bits per heavy atom. The van der Waals surface area contributed by atoms with Gasteiger partial charge >= 0.3 is 0 Å². The van der Waals surface area contributed by atoms with Gasteiger partial charge in [0.25, 0.3) is 5.56 Å². The highest BCUT2D eigenvalue weighted by atomic mass is 19.1. The van der Waals surface area contributed by atoms with Gasteiger partial charge in [0.15, 0.2) is 11.6 Å². The number of nitrogens with one attached hydrogen (secondary N) is 2. The first-order chi connectivity index (χ1) is 10.9. The van der Waals surface area contributed by atoms with Crippen molar-refractivity contribution in [2.24, 2.45) is 0 Å². The molecule has 0 unspecified atom stereocenters. The van der Waals surface area contributed by atoms with Gasteiger partial charge in [-0.15, -0.1) is 0 Å². The lowest BCUT2D eigenvalue weighted by Gasteiger charge is -2.17. The lowest BCUT2D eigenvalue weighted by Crippen LogP contribution is -2.24. The van der Waals surface area contributed by atoms with E-state index >= 15 is 0 Å². The summed E-state index contributed by atoms with van der Waals surface area (Å²) >= 11 is 0. The van der Waals surface area contributed by atoms with Crippen molar-refractivity contribution in [3.8, 4) is 6.07 Å². The third-order valence-corrected chi connectivity index (χ3v) is 3.39. The van der Waals surface area contributed by atoms with Crippen molar-refractivity contribution in [2.75, 3.05) is 23.8 Å². The smallest absolute Gasteiger partial charge is 0.257 e. The summed E-state index contributed by atoms with van der Waals surface area (Å²) in [6.45, 7) is 3.95. The van der Waals surface area contributed by atoms with Gasteiger partial charge < -0.3 is 10.2 Å². The van der Waals surface area contributed by atoms with Crippen LogP contribution in [0.3, 0.4) is 0 Å². The van der Waals surface area contributed by atoms with E-state index in [0.29, 0.717) is 6.54 Å². The Morgan fingerprint density at radius 2 is 2.00 bits per heavy atom. The predicted molar refractivity (Wildman–Crippen MR) is 82.9 cm³/mol. The van der Waals surface area contributed by atoms with E-state index in [0.717, 1.165) is 12.1 Å². The van der Waals surface area contributed by atoms with E-state index < -0.39 is 22.9 Å². The zero-order chi connectivity index (χ0) is 17.1. The van der Waals surface area contributed by atoms with Gasteiger partial charge in [-0.2, -0.15) is 10.2 Å². The molecule has 2 N–H and O–H groups in total. The number of H-pyrrole nitrogens is 1. The van der Waals surface area contributed by atoms with Crippen LogP contribution >= 0.6 is 0 Å². The van der Waals surface area contributed by atoms with Crippen molar-refractivity contribution >= 4 is 17.5 Å². The Kier molecular flexibility index (Phi) is 4.60. The molecule has 0 saturated carbocycles. The van der Waals surface area contributed by atoms with Crippen LogP contribution in [0.5, 0.6) is 0 Å². The number of hydrogen-bond donors (Lipinski definition) is 2. The van der Waals surface area contributed by atoms with Gasteiger partial charge in [-0.1, -0.05) is 0 Å². The summed E-state index contributed by atoms with van der Waals surface area (Å²) in [6.07, 6.45) is 0. The number of aromatic nitrogens is 2. The maximum atomic E-state index is 14.0. The molecule has 8 heteroatoms. The highest BCUT2D eigenvalue weighted by molar-refractivity contribution is 5.62. The molecule has 0 aliphatic heterocycles. The average Bonchev–Trinajstić information content (AvgIpc) is 2.53. The minimum Gasteiger partial charge on any atom is -0.346 e. The fraction of sp³-hybridized carbons (Fsp3) is 0.267. The Balaban J connectivity index is 2.51. The number of anilines is 3. The highest BCUT2D eigenvalue weighted by Gasteiger charge is 2.16. The highest BCUT2D eigenvalue weighted by Crippen LogP contribution is 2.25. The van der Waals surface area contributed by atoms with E-state index in [1.165, 1.54) is 6.92 Å². The van der Waals surface area contributed by atoms with Gasteiger partial charge in [0.1, 0.15) is 11.5 Å². The van der Waals surface area contributed by atoms with Gasteiger partial charge in [0, 0.05) is 13.6 Å². The fourth-order valence-corrected chi connectivity index (χ4v) is 1.85. The molecule has 0 amide bonds. The maximum Gasteiger partial charge on any atom is 0.257 e. The van der Waals surface area contributed by atoms with Gasteiger partial charge in [0.05, 0.1) is 17.2 Å². The van der Waals surface area contributed by atoms with Crippen molar-refractivity contribution in [1.82, 2.24) is 9.97 Å². The minimum atomic E-state index is -0.937. The Morgan fingerprint density at radius 3 is 2.52 bits per heavy atom. The molecular weight excluding hydrogens is 304 g/mol. The summed E-state index contributed by atoms with van der Waals surface area (Å²) in [5.41, 5.74) is -0.809. The molecule has 0 aliphatic rings. The molecular formula is C15H15F2N5O. The van der Waals surface area contributed by atoms with Crippen molar-refractivity contribution < 1.29 is 8.78 Å². The summed E-state index contributed by atoms with van der Waals surface area (Å²) in [4.78, 5) is 20.4. The van der Waals surface area contributed by atoms with Crippen molar-refractivity contribution in [3.63, 3.8) is 0 Å². The van der Waals surface area contributed by atoms with Crippen LogP contribution in [-0.2, 0) is 0 Å². The number of nitrogens with zero attached hydrogens (tertiary/aromatic N) is 3. The summed E-state index contributed by atoms with van der Waals surface area (Å²) in [5.74, 6) is -1.55. The molecule has 2 rings (SSSR count). The standard InChI is InChI=1S/C15H15F2N5O/c1-4-22(3)15-20-13(8(2)14(23)21-15)19-12-10(16)5-9(7-18)6-11(12)17/h5-6H,4H2,1-3H3,(H2,19,20,21,23). The third kappa shape index (κ3) is 3.29. The zero-order valence-electron chi connectivity index (χ0n) is 12.9. The first-order valence-corrected chi connectivity index (χ1v) is 6.85. The quantitative estimate of drug-likeness (QED) is 0.904. The largest absolute Gasteiger partial charge is 0.346 e. The summed E-state index contributed by atoms with van der Waals surface area (Å²) in [7, 11) is 1.72. The molecule has 6 nitrogen and oxygen atoms in total.